The number of hydrogen-bond acceptors (Lipinski definition) is 2. The molecule has 2 N–H and O–H groups in total. The fourth-order valence-corrected chi connectivity index (χ4v) is 1.47. The highest BCUT2D eigenvalue weighted by atomic mass is 32.1. The van der Waals surface area contributed by atoms with Gasteiger partial charge in [0.2, 0.25) is 0 Å². The second-order valence-electron chi connectivity index (χ2n) is 2.25. The standard InChI is InChI=1S/C9H11NS/c1-8-5-6-9(11-8)4-2-3-7-10/h5-6H,3,7,10H2,1H3. The highest BCUT2D eigenvalue weighted by molar-refractivity contribution is 7.12. The summed E-state index contributed by atoms with van der Waals surface area (Å²) in [5.74, 6) is 6.06. The van der Waals surface area contributed by atoms with Crippen LogP contribution in [0.4, 0.5) is 0 Å². The van der Waals surface area contributed by atoms with E-state index in [1.807, 2.05) is 6.07 Å². The van der Waals surface area contributed by atoms with Crippen LogP contribution in [0.3, 0.4) is 0 Å². The first kappa shape index (κ1) is 8.32. The van der Waals surface area contributed by atoms with Crippen molar-refractivity contribution >= 4 is 11.3 Å². The normalized spacial score (nSPS) is 8.91. The molecule has 0 aliphatic rings. The van der Waals surface area contributed by atoms with E-state index in [0.29, 0.717) is 6.54 Å². The summed E-state index contributed by atoms with van der Waals surface area (Å²) in [7, 11) is 0. The maximum atomic E-state index is 5.30. The third-order valence-electron chi connectivity index (χ3n) is 1.22. The summed E-state index contributed by atoms with van der Waals surface area (Å²) < 4.78 is 0. The van der Waals surface area contributed by atoms with Crippen molar-refractivity contribution in [2.24, 2.45) is 5.73 Å². The molecule has 1 aromatic heterocycles. The lowest BCUT2D eigenvalue weighted by Gasteiger charge is -1.78. The van der Waals surface area contributed by atoms with E-state index < -0.39 is 0 Å². The summed E-state index contributed by atoms with van der Waals surface area (Å²) in [6, 6.07) is 4.13. The Labute approximate surface area is 71.2 Å². The van der Waals surface area contributed by atoms with Crippen molar-refractivity contribution in [1.82, 2.24) is 0 Å². The zero-order valence-corrected chi connectivity index (χ0v) is 7.37. The Bertz CT molecular complexity index is 277. The summed E-state index contributed by atoms with van der Waals surface area (Å²) in [6.45, 7) is 2.73. The molecule has 2 heteroatoms. The monoisotopic (exact) mass is 165 g/mol. The summed E-state index contributed by atoms with van der Waals surface area (Å²) in [5, 5.41) is 0. The molecule has 0 atom stereocenters. The van der Waals surface area contributed by atoms with Crippen molar-refractivity contribution in [2.75, 3.05) is 6.54 Å². The lowest BCUT2D eigenvalue weighted by Crippen LogP contribution is -1.95. The van der Waals surface area contributed by atoms with Gasteiger partial charge >= 0.3 is 0 Å². The second kappa shape index (κ2) is 4.17. The number of thiophene rings is 1. The minimum atomic E-state index is 0.650. The Morgan fingerprint density at radius 3 is 2.91 bits per heavy atom. The van der Waals surface area contributed by atoms with Gasteiger partial charge in [-0.25, -0.2) is 0 Å². The van der Waals surface area contributed by atoms with Crippen LogP contribution in [-0.2, 0) is 0 Å². The highest BCUT2D eigenvalue weighted by Gasteiger charge is 1.89. The lowest BCUT2D eigenvalue weighted by atomic mass is 10.4. The smallest absolute Gasteiger partial charge is 0.0771 e. The molecule has 0 saturated heterocycles. The molecule has 0 amide bonds. The van der Waals surface area contributed by atoms with Crippen LogP contribution in [0.25, 0.3) is 0 Å². The van der Waals surface area contributed by atoms with Gasteiger partial charge in [0.1, 0.15) is 0 Å². The first-order chi connectivity index (χ1) is 5.33. The van der Waals surface area contributed by atoms with Crippen LogP contribution in [0.2, 0.25) is 0 Å². The second-order valence-corrected chi connectivity index (χ2v) is 3.54. The van der Waals surface area contributed by atoms with Crippen LogP contribution >= 0.6 is 11.3 Å². The van der Waals surface area contributed by atoms with Crippen molar-refractivity contribution in [1.29, 1.82) is 0 Å². The molecule has 1 aromatic rings. The van der Waals surface area contributed by atoms with E-state index in [1.54, 1.807) is 11.3 Å². The van der Waals surface area contributed by atoms with E-state index in [9.17, 15) is 0 Å². The van der Waals surface area contributed by atoms with Gasteiger partial charge in [-0.3, -0.25) is 0 Å². The van der Waals surface area contributed by atoms with Crippen molar-refractivity contribution in [2.45, 2.75) is 13.3 Å². The Hall–Kier alpha value is -0.780. The van der Waals surface area contributed by atoms with Gasteiger partial charge in [0.15, 0.2) is 0 Å². The predicted octanol–water partition coefficient (Wildman–Crippen LogP) is 1.76. The zero-order chi connectivity index (χ0) is 8.10. The molecule has 0 aromatic carbocycles. The van der Waals surface area contributed by atoms with Crippen LogP contribution < -0.4 is 5.73 Å². The van der Waals surface area contributed by atoms with Crippen LogP contribution in [0.15, 0.2) is 12.1 Å². The van der Waals surface area contributed by atoms with E-state index >= 15 is 0 Å². The summed E-state index contributed by atoms with van der Waals surface area (Å²) in [4.78, 5) is 2.44. The maximum Gasteiger partial charge on any atom is 0.0771 e. The van der Waals surface area contributed by atoms with E-state index in [-0.39, 0.29) is 0 Å². The number of rotatable bonds is 1. The maximum absolute atomic E-state index is 5.30. The van der Waals surface area contributed by atoms with Crippen LogP contribution in [-0.4, -0.2) is 6.54 Å². The molecule has 1 heterocycles. The van der Waals surface area contributed by atoms with E-state index in [1.165, 1.54) is 4.88 Å². The van der Waals surface area contributed by atoms with E-state index in [2.05, 4.69) is 24.8 Å². The van der Waals surface area contributed by atoms with Gasteiger partial charge in [0.25, 0.3) is 0 Å². The highest BCUT2D eigenvalue weighted by Crippen LogP contribution is 2.12. The van der Waals surface area contributed by atoms with Gasteiger partial charge < -0.3 is 5.73 Å². The van der Waals surface area contributed by atoms with Crippen LogP contribution in [0.1, 0.15) is 16.2 Å². The largest absolute Gasteiger partial charge is 0.330 e. The number of aryl methyl sites for hydroxylation is 1. The number of nitrogens with two attached hydrogens (primary N) is 1. The average Bonchev–Trinajstić information content (AvgIpc) is 2.37. The molecule has 0 unspecified atom stereocenters. The van der Waals surface area contributed by atoms with Gasteiger partial charge in [0.05, 0.1) is 4.88 Å². The van der Waals surface area contributed by atoms with E-state index in [4.69, 9.17) is 5.73 Å². The summed E-state index contributed by atoms with van der Waals surface area (Å²) >= 11 is 1.72. The van der Waals surface area contributed by atoms with E-state index in [0.717, 1.165) is 11.3 Å². The molecule has 0 spiro atoms. The van der Waals surface area contributed by atoms with Crippen molar-refractivity contribution in [3.05, 3.63) is 21.9 Å². The zero-order valence-electron chi connectivity index (χ0n) is 6.55. The molecule has 11 heavy (non-hydrogen) atoms. The minimum Gasteiger partial charge on any atom is -0.330 e. The number of hydrogen-bond donors (Lipinski definition) is 1. The Morgan fingerprint density at radius 2 is 2.36 bits per heavy atom. The van der Waals surface area contributed by atoms with Gasteiger partial charge in [-0.1, -0.05) is 11.8 Å². The van der Waals surface area contributed by atoms with Crippen LogP contribution in [0.5, 0.6) is 0 Å². The summed E-state index contributed by atoms with van der Waals surface area (Å²) in [5.41, 5.74) is 5.30. The van der Waals surface area contributed by atoms with Crippen molar-refractivity contribution in [3.8, 4) is 11.8 Å². The molecule has 1 rings (SSSR count). The fourth-order valence-electron chi connectivity index (χ4n) is 0.723. The molecule has 0 fully saturated rings. The first-order valence-corrected chi connectivity index (χ1v) is 4.40. The minimum absolute atomic E-state index is 0.650. The Balaban J connectivity index is 2.59. The fraction of sp³-hybridized carbons (Fsp3) is 0.333. The topological polar surface area (TPSA) is 26.0 Å². The lowest BCUT2D eigenvalue weighted by molar-refractivity contribution is 1.03. The van der Waals surface area contributed by atoms with Gasteiger partial charge in [-0.15, -0.1) is 11.3 Å². The third kappa shape index (κ3) is 2.75. The van der Waals surface area contributed by atoms with Crippen LogP contribution in [0, 0.1) is 18.8 Å². The molecule has 0 aliphatic carbocycles. The quantitative estimate of drug-likeness (QED) is 0.630. The molecule has 0 aliphatic heterocycles. The first-order valence-electron chi connectivity index (χ1n) is 3.58. The Morgan fingerprint density at radius 1 is 1.55 bits per heavy atom. The van der Waals surface area contributed by atoms with Gasteiger partial charge in [0, 0.05) is 17.8 Å². The SMILES string of the molecule is Cc1ccc(C#CCCN)s1. The average molecular weight is 165 g/mol. The Kier molecular flexibility index (Phi) is 3.15. The van der Waals surface area contributed by atoms with Gasteiger partial charge in [-0.2, -0.15) is 0 Å². The molecule has 0 radical (unpaired) electrons. The molecule has 1 nitrogen and oxygen atoms in total. The van der Waals surface area contributed by atoms with Gasteiger partial charge in [-0.05, 0) is 19.1 Å². The molecule has 0 saturated carbocycles. The third-order valence-corrected chi connectivity index (χ3v) is 2.14. The summed E-state index contributed by atoms with van der Waals surface area (Å²) in [6.07, 6.45) is 0.789. The predicted molar refractivity (Wildman–Crippen MR) is 49.6 cm³/mol. The van der Waals surface area contributed by atoms with Crippen molar-refractivity contribution in [3.63, 3.8) is 0 Å². The molecular weight excluding hydrogens is 154 g/mol. The van der Waals surface area contributed by atoms with Crippen molar-refractivity contribution < 1.29 is 0 Å². The molecule has 0 bridgehead atoms. The molecular formula is C9H11NS. The molecule has 58 valence electrons.